The van der Waals surface area contributed by atoms with E-state index in [9.17, 15) is 0 Å². The largest absolute Gasteiger partial charge is 0.243 e. The highest BCUT2D eigenvalue weighted by atomic mass is 32.1. The highest BCUT2D eigenvalue weighted by Crippen LogP contribution is 2.42. The van der Waals surface area contributed by atoms with E-state index in [0.717, 1.165) is 21.9 Å². The molecule has 3 aliphatic heterocycles. The molecule has 7 nitrogen and oxygen atoms in total. The molecule has 0 N–H and O–H groups in total. The smallest absolute Gasteiger partial charge is 0.213 e. The van der Waals surface area contributed by atoms with Crippen LogP contribution in [0.15, 0.2) is 109 Å². The summed E-state index contributed by atoms with van der Waals surface area (Å²) in [6, 6.07) is 27.8. The second-order valence-corrected chi connectivity index (χ2v) is 9.57. The summed E-state index contributed by atoms with van der Waals surface area (Å²) >= 11 is 1.83. The van der Waals surface area contributed by atoms with Gasteiger partial charge in [0, 0.05) is 36.7 Å². The summed E-state index contributed by atoms with van der Waals surface area (Å²) in [6.45, 7) is 0. The van der Waals surface area contributed by atoms with Gasteiger partial charge in [0.25, 0.3) is 0 Å². The number of aliphatic imine (C=N–C) groups is 6. The number of rotatable bonds is 2. The first kappa shape index (κ1) is 19.5. The maximum Gasteiger partial charge on any atom is 0.243 e. The van der Waals surface area contributed by atoms with Gasteiger partial charge < -0.3 is 0 Å². The number of benzene rings is 4. The zero-order chi connectivity index (χ0) is 23.6. The lowest BCUT2D eigenvalue weighted by Crippen LogP contribution is -2.45. The van der Waals surface area contributed by atoms with Gasteiger partial charge in [-0.1, -0.05) is 72.8 Å². The van der Waals surface area contributed by atoms with Gasteiger partial charge in [-0.25, -0.2) is 24.9 Å². The van der Waals surface area contributed by atoms with E-state index < -0.39 is 0 Å². The van der Waals surface area contributed by atoms with Crippen LogP contribution in [0.25, 0.3) is 42.1 Å². The highest BCUT2D eigenvalue weighted by Gasteiger charge is 2.32. The number of fused-ring (bicyclic) bond motifs is 4. The zero-order valence-corrected chi connectivity index (χ0v) is 19.5. The van der Waals surface area contributed by atoms with E-state index in [2.05, 4.69) is 92.8 Å². The Kier molecular flexibility index (Phi) is 3.97. The van der Waals surface area contributed by atoms with Gasteiger partial charge in [-0.3, -0.25) is 0 Å². The second-order valence-electron chi connectivity index (χ2n) is 8.52. The van der Waals surface area contributed by atoms with E-state index in [1.54, 1.807) is 4.90 Å². The van der Waals surface area contributed by atoms with Crippen LogP contribution in [0.3, 0.4) is 0 Å². The Morgan fingerprint density at radius 1 is 0.583 bits per heavy atom. The predicted molar refractivity (Wildman–Crippen MR) is 150 cm³/mol. The fraction of sp³-hybridized carbons (Fsp3) is 0. The van der Waals surface area contributed by atoms with Gasteiger partial charge in [0.1, 0.15) is 12.7 Å². The molecule has 0 fully saturated rings. The number of hydrogen-bond donors (Lipinski definition) is 0. The third-order valence-electron chi connectivity index (χ3n) is 6.54. The van der Waals surface area contributed by atoms with E-state index >= 15 is 0 Å². The molecule has 0 amide bonds. The fourth-order valence-corrected chi connectivity index (χ4v) is 6.23. The molecule has 0 bridgehead atoms. The van der Waals surface area contributed by atoms with Gasteiger partial charge in [0.05, 0.1) is 0 Å². The van der Waals surface area contributed by atoms with Crippen molar-refractivity contribution in [1.82, 2.24) is 4.90 Å². The van der Waals surface area contributed by atoms with Crippen molar-refractivity contribution in [2.75, 3.05) is 0 Å². The Morgan fingerprint density at radius 3 is 2.22 bits per heavy atom. The highest BCUT2D eigenvalue weighted by molar-refractivity contribution is 7.26. The van der Waals surface area contributed by atoms with Crippen LogP contribution < -0.4 is 0 Å². The SMILES string of the molecule is C1=NC2=NC=NC3=NC(c4cccc5cccc(-c6cccc7c6sc6ccccc67)c45)=NC(=N1)N23. The summed E-state index contributed by atoms with van der Waals surface area (Å²) < 4.78 is 2.56. The number of amidine groups is 1. The maximum absolute atomic E-state index is 4.80. The lowest BCUT2D eigenvalue weighted by Gasteiger charge is -2.27. The summed E-state index contributed by atoms with van der Waals surface area (Å²) in [6.07, 6.45) is 2.93. The molecular weight excluding hydrogens is 466 g/mol. The number of thiophene rings is 1. The lowest BCUT2D eigenvalue weighted by atomic mass is 9.93. The molecule has 0 saturated heterocycles. The van der Waals surface area contributed by atoms with Crippen LogP contribution in [-0.2, 0) is 0 Å². The van der Waals surface area contributed by atoms with Crippen molar-refractivity contribution in [1.29, 1.82) is 0 Å². The van der Waals surface area contributed by atoms with Crippen LogP contribution in [0.5, 0.6) is 0 Å². The van der Waals surface area contributed by atoms with E-state index in [1.165, 1.54) is 38.4 Å². The minimum atomic E-state index is 0.460. The molecule has 36 heavy (non-hydrogen) atoms. The Bertz CT molecular complexity index is 1950. The Balaban J connectivity index is 1.40. The van der Waals surface area contributed by atoms with Crippen LogP contribution in [0, 0.1) is 0 Å². The van der Waals surface area contributed by atoms with Crippen molar-refractivity contribution in [3.63, 3.8) is 0 Å². The van der Waals surface area contributed by atoms with Crippen molar-refractivity contribution < 1.29 is 0 Å². The number of guanidine groups is 3. The quantitative estimate of drug-likeness (QED) is 0.301. The summed E-state index contributed by atoms with van der Waals surface area (Å²) in [7, 11) is 0. The van der Waals surface area contributed by atoms with Gasteiger partial charge in [0.2, 0.25) is 17.9 Å². The van der Waals surface area contributed by atoms with E-state index in [0.29, 0.717) is 23.7 Å². The molecule has 0 spiro atoms. The summed E-state index contributed by atoms with van der Waals surface area (Å²) in [5.74, 6) is 1.95. The maximum atomic E-state index is 4.80. The molecule has 0 aliphatic carbocycles. The molecule has 4 aromatic carbocycles. The molecule has 3 aliphatic rings. The third-order valence-corrected chi connectivity index (χ3v) is 7.76. The first-order chi connectivity index (χ1) is 17.8. The predicted octanol–water partition coefficient (Wildman–Crippen LogP) is 6.09. The molecular formula is C28H15N7S. The van der Waals surface area contributed by atoms with E-state index in [1.807, 2.05) is 17.4 Å². The zero-order valence-electron chi connectivity index (χ0n) is 18.7. The van der Waals surface area contributed by atoms with Crippen LogP contribution in [0.1, 0.15) is 5.56 Å². The van der Waals surface area contributed by atoms with Gasteiger partial charge in [0.15, 0.2) is 5.84 Å². The summed E-state index contributed by atoms with van der Waals surface area (Å²) in [5, 5.41) is 4.77. The molecule has 8 rings (SSSR count). The van der Waals surface area contributed by atoms with Gasteiger partial charge in [-0.05, 0) is 17.0 Å². The normalized spacial score (nSPS) is 16.2. The Morgan fingerprint density at radius 2 is 1.31 bits per heavy atom. The summed E-state index contributed by atoms with van der Waals surface area (Å²) in [5.41, 5.74) is 3.27. The second kappa shape index (κ2) is 7.34. The van der Waals surface area contributed by atoms with Crippen LogP contribution in [-0.4, -0.2) is 41.3 Å². The Labute approximate surface area is 208 Å². The van der Waals surface area contributed by atoms with E-state index in [-0.39, 0.29) is 0 Å². The van der Waals surface area contributed by atoms with Crippen molar-refractivity contribution in [2.45, 2.75) is 0 Å². The Hall–Kier alpha value is -4.82. The molecule has 0 saturated carbocycles. The van der Waals surface area contributed by atoms with Gasteiger partial charge >= 0.3 is 0 Å². The topological polar surface area (TPSA) is 77.4 Å². The van der Waals surface area contributed by atoms with Crippen LogP contribution >= 0.6 is 11.3 Å². The standard InChI is InChI=1S/C28H15N7S/c1-2-13-22-17(8-1)19-10-5-11-20(24(19)36-22)18-9-3-6-16-7-4-12-21(23(16)18)25-33-27-31-14-29-26-30-15-32-28(34-25)35(26)27/h1-15H. The minimum Gasteiger partial charge on any atom is -0.213 e. The molecule has 4 heterocycles. The van der Waals surface area contributed by atoms with Crippen molar-refractivity contribution in [3.05, 3.63) is 84.4 Å². The van der Waals surface area contributed by atoms with Crippen LogP contribution in [0.4, 0.5) is 0 Å². The molecule has 168 valence electrons. The third kappa shape index (κ3) is 2.73. The molecule has 5 aromatic rings. The van der Waals surface area contributed by atoms with Crippen molar-refractivity contribution >= 4 is 78.7 Å². The van der Waals surface area contributed by atoms with Crippen molar-refractivity contribution in [3.8, 4) is 11.1 Å². The number of hydrogen-bond acceptors (Lipinski definition) is 8. The lowest BCUT2D eigenvalue weighted by molar-refractivity contribution is 0.834. The van der Waals surface area contributed by atoms with Crippen molar-refractivity contribution in [2.24, 2.45) is 30.0 Å². The molecule has 0 unspecified atom stereocenters. The summed E-state index contributed by atoms with van der Waals surface area (Å²) in [4.78, 5) is 28.4. The number of nitrogens with zero attached hydrogens (tertiary/aromatic N) is 7. The molecule has 0 atom stereocenters. The van der Waals surface area contributed by atoms with Crippen LogP contribution in [0.2, 0.25) is 0 Å². The average molecular weight is 482 g/mol. The molecule has 1 aromatic heterocycles. The monoisotopic (exact) mass is 481 g/mol. The van der Waals surface area contributed by atoms with E-state index in [4.69, 9.17) is 9.98 Å². The first-order valence-electron chi connectivity index (χ1n) is 11.5. The first-order valence-corrected chi connectivity index (χ1v) is 12.3. The fourth-order valence-electron chi connectivity index (χ4n) is 5.00. The molecule has 0 radical (unpaired) electrons. The van der Waals surface area contributed by atoms with Gasteiger partial charge in [-0.15, -0.1) is 11.3 Å². The average Bonchev–Trinajstić information content (AvgIpc) is 3.32. The molecule has 8 heteroatoms. The minimum absolute atomic E-state index is 0.460. The van der Waals surface area contributed by atoms with Gasteiger partial charge in [-0.2, -0.15) is 9.98 Å².